The monoisotopic (exact) mass is 188 g/mol. The Balaban J connectivity index is 2.71. The lowest BCUT2D eigenvalue weighted by atomic mass is 9.98. The van der Waals surface area contributed by atoms with Crippen LogP contribution >= 0.6 is 0 Å². The van der Waals surface area contributed by atoms with Crippen LogP contribution in [0.3, 0.4) is 0 Å². The standard InChI is InChI=1S/C12H12O2/c1-7(2)11-8(3)4-5-9-10(13)6-14-12(9)11/h4-5H,1,6H2,2-3H3. The number of hydrogen-bond acceptors (Lipinski definition) is 2. The zero-order chi connectivity index (χ0) is 10.3. The van der Waals surface area contributed by atoms with Crippen LogP contribution in [-0.2, 0) is 0 Å². The number of benzene rings is 1. The molecular weight excluding hydrogens is 176 g/mol. The number of carbonyl (C=O) groups is 1. The highest BCUT2D eigenvalue weighted by Crippen LogP contribution is 2.35. The van der Waals surface area contributed by atoms with Crippen LogP contribution in [0.15, 0.2) is 18.7 Å². The van der Waals surface area contributed by atoms with Gasteiger partial charge in [-0.2, -0.15) is 0 Å². The number of fused-ring (bicyclic) bond motifs is 1. The van der Waals surface area contributed by atoms with Crippen LogP contribution in [0.5, 0.6) is 5.75 Å². The Morgan fingerprint density at radius 2 is 2.21 bits per heavy atom. The fraction of sp³-hybridized carbons (Fsp3) is 0.250. The van der Waals surface area contributed by atoms with Gasteiger partial charge in [-0.1, -0.05) is 12.6 Å². The number of ketones is 1. The molecule has 2 nitrogen and oxygen atoms in total. The van der Waals surface area contributed by atoms with E-state index in [4.69, 9.17) is 4.74 Å². The van der Waals surface area contributed by atoms with Crippen molar-refractivity contribution in [2.24, 2.45) is 0 Å². The third-order valence-corrected chi connectivity index (χ3v) is 2.44. The van der Waals surface area contributed by atoms with Crippen molar-refractivity contribution in [2.45, 2.75) is 13.8 Å². The van der Waals surface area contributed by atoms with Crippen LogP contribution in [0.1, 0.15) is 28.4 Å². The number of allylic oxidation sites excluding steroid dienone is 1. The molecule has 2 rings (SSSR count). The van der Waals surface area contributed by atoms with Crippen molar-refractivity contribution in [1.82, 2.24) is 0 Å². The predicted octanol–water partition coefficient (Wildman–Crippen LogP) is 2.60. The summed E-state index contributed by atoms with van der Waals surface area (Å²) < 4.78 is 5.37. The van der Waals surface area contributed by atoms with Crippen LogP contribution < -0.4 is 4.74 Å². The molecule has 1 aromatic carbocycles. The highest BCUT2D eigenvalue weighted by atomic mass is 16.5. The van der Waals surface area contributed by atoms with E-state index in [1.165, 1.54) is 0 Å². The van der Waals surface area contributed by atoms with Crippen molar-refractivity contribution < 1.29 is 9.53 Å². The van der Waals surface area contributed by atoms with Crippen molar-refractivity contribution in [1.29, 1.82) is 0 Å². The molecule has 0 bridgehead atoms. The molecule has 0 saturated heterocycles. The molecule has 0 spiro atoms. The lowest BCUT2D eigenvalue weighted by molar-refractivity contribution is 0.0961. The van der Waals surface area contributed by atoms with E-state index in [0.29, 0.717) is 11.3 Å². The molecule has 0 atom stereocenters. The van der Waals surface area contributed by atoms with E-state index in [-0.39, 0.29) is 12.4 Å². The second-order valence-corrected chi connectivity index (χ2v) is 3.63. The summed E-state index contributed by atoms with van der Waals surface area (Å²) in [5.41, 5.74) is 3.71. The maximum Gasteiger partial charge on any atom is 0.203 e. The third kappa shape index (κ3) is 1.15. The first-order valence-electron chi connectivity index (χ1n) is 4.56. The molecule has 1 heterocycles. The van der Waals surface area contributed by atoms with Gasteiger partial charge in [0, 0.05) is 5.56 Å². The van der Waals surface area contributed by atoms with Crippen LogP contribution in [0.4, 0.5) is 0 Å². The van der Waals surface area contributed by atoms with Gasteiger partial charge < -0.3 is 4.74 Å². The zero-order valence-electron chi connectivity index (χ0n) is 8.39. The van der Waals surface area contributed by atoms with Crippen molar-refractivity contribution in [3.63, 3.8) is 0 Å². The summed E-state index contributed by atoms with van der Waals surface area (Å²) in [6.07, 6.45) is 0. The molecule has 2 heteroatoms. The summed E-state index contributed by atoms with van der Waals surface area (Å²) in [6, 6.07) is 3.77. The highest BCUT2D eigenvalue weighted by molar-refractivity contribution is 6.04. The summed E-state index contributed by atoms with van der Waals surface area (Å²) in [4.78, 5) is 11.4. The zero-order valence-corrected chi connectivity index (χ0v) is 8.39. The second-order valence-electron chi connectivity index (χ2n) is 3.63. The van der Waals surface area contributed by atoms with Crippen LogP contribution in [0.2, 0.25) is 0 Å². The number of aryl methyl sites for hydroxylation is 1. The van der Waals surface area contributed by atoms with Crippen LogP contribution in [-0.4, -0.2) is 12.4 Å². The Labute approximate surface area is 83.2 Å². The molecule has 0 saturated carbocycles. The van der Waals surface area contributed by atoms with Gasteiger partial charge in [0.2, 0.25) is 5.78 Å². The molecule has 0 radical (unpaired) electrons. The first-order valence-corrected chi connectivity index (χ1v) is 4.56. The van der Waals surface area contributed by atoms with Gasteiger partial charge in [-0.05, 0) is 31.1 Å². The maximum atomic E-state index is 11.4. The number of carbonyl (C=O) groups excluding carboxylic acids is 1. The number of ether oxygens (including phenoxy) is 1. The predicted molar refractivity (Wildman–Crippen MR) is 55.7 cm³/mol. The Morgan fingerprint density at radius 1 is 1.50 bits per heavy atom. The summed E-state index contributed by atoms with van der Waals surface area (Å²) in [5.74, 6) is 0.769. The Morgan fingerprint density at radius 3 is 2.86 bits per heavy atom. The molecule has 1 aliphatic rings. The molecule has 0 aromatic heterocycles. The average molecular weight is 188 g/mol. The largest absolute Gasteiger partial charge is 0.484 e. The van der Waals surface area contributed by atoms with E-state index in [0.717, 1.165) is 16.7 Å². The van der Waals surface area contributed by atoms with Gasteiger partial charge in [-0.25, -0.2) is 0 Å². The van der Waals surface area contributed by atoms with Crippen molar-refractivity contribution in [3.8, 4) is 5.75 Å². The fourth-order valence-corrected chi connectivity index (χ4v) is 1.80. The highest BCUT2D eigenvalue weighted by Gasteiger charge is 2.24. The van der Waals surface area contributed by atoms with E-state index < -0.39 is 0 Å². The molecule has 0 N–H and O–H groups in total. The van der Waals surface area contributed by atoms with Gasteiger partial charge >= 0.3 is 0 Å². The van der Waals surface area contributed by atoms with E-state index in [1.807, 2.05) is 26.0 Å². The Kier molecular flexibility index (Phi) is 1.92. The van der Waals surface area contributed by atoms with Crippen molar-refractivity contribution in [2.75, 3.05) is 6.61 Å². The van der Waals surface area contributed by atoms with E-state index in [2.05, 4.69) is 6.58 Å². The minimum Gasteiger partial charge on any atom is -0.484 e. The normalized spacial score (nSPS) is 13.7. The molecule has 0 amide bonds. The van der Waals surface area contributed by atoms with Crippen LogP contribution in [0, 0.1) is 6.92 Å². The summed E-state index contributed by atoms with van der Waals surface area (Å²) in [6.45, 7) is 7.99. The molecule has 72 valence electrons. The molecule has 0 fully saturated rings. The fourth-order valence-electron chi connectivity index (χ4n) is 1.80. The number of hydrogen-bond donors (Lipinski definition) is 0. The topological polar surface area (TPSA) is 26.3 Å². The van der Waals surface area contributed by atoms with Gasteiger partial charge in [-0.3, -0.25) is 4.79 Å². The Hall–Kier alpha value is -1.57. The first kappa shape index (κ1) is 9.00. The lowest BCUT2D eigenvalue weighted by Gasteiger charge is -2.09. The van der Waals surface area contributed by atoms with Gasteiger partial charge in [0.05, 0.1) is 5.56 Å². The molecule has 0 unspecified atom stereocenters. The number of Topliss-reactive ketones (excluding diaryl/α,β-unsaturated/α-hetero) is 1. The summed E-state index contributed by atoms with van der Waals surface area (Å²) in [5, 5.41) is 0. The average Bonchev–Trinajstić information content (AvgIpc) is 2.47. The molecular formula is C12H12O2. The minimum absolute atomic E-state index is 0.0579. The molecule has 1 aliphatic heterocycles. The Bertz CT molecular complexity index is 430. The van der Waals surface area contributed by atoms with E-state index in [9.17, 15) is 4.79 Å². The smallest absolute Gasteiger partial charge is 0.203 e. The van der Waals surface area contributed by atoms with Gasteiger partial charge in [0.15, 0.2) is 6.61 Å². The maximum absolute atomic E-state index is 11.4. The third-order valence-electron chi connectivity index (χ3n) is 2.44. The van der Waals surface area contributed by atoms with E-state index in [1.54, 1.807) is 0 Å². The molecule has 1 aromatic rings. The van der Waals surface area contributed by atoms with Gasteiger partial charge in [0.1, 0.15) is 5.75 Å². The molecule has 0 aliphatic carbocycles. The summed E-state index contributed by atoms with van der Waals surface area (Å²) >= 11 is 0. The van der Waals surface area contributed by atoms with Gasteiger partial charge in [-0.15, -0.1) is 0 Å². The quantitative estimate of drug-likeness (QED) is 0.677. The van der Waals surface area contributed by atoms with Crippen LogP contribution in [0.25, 0.3) is 5.57 Å². The van der Waals surface area contributed by atoms with Crippen molar-refractivity contribution >= 4 is 11.4 Å². The van der Waals surface area contributed by atoms with Gasteiger partial charge in [0.25, 0.3) is 0 Å². The molecule has 14 heavy (non-hydrogen) atoms. The summed E-state index contributed by atoms with van der Waals surface area (Å²) in [7, 11) is 0. The number of rotatable bonds is 1. The SMILES string of the molecule is C=C(C)c1c(C)ccc2c1OCC2=O. The van der Waals surface area contributed by atoms with Crippen molar-refractivity contribution in [3.05, 3.63) is 35.4 Å². The first-order chi connectivity index (χ1) is 6.61. The minimum atomic E-state index is 0.0579. The van der Waals surface area contributed by atoms with E-state index >= 15 is 0 Å². The second kappa shape index (κ2) is 2.98. The lowest BCUT2D eigenvalue weighted by Crippen LogP contribution is -1.98.